The number of ether oxygens (including phenoxy) is 1. The standard InChI is InChI=1S/C10H20N2O2/c1-3-10(2,7-11)12-9(13)8-5-4-6-14-8/h8H,3-7,11H2,1-2H3,(H,12,13). The van der Waals surface area contributed by atoms with Gasteiger partial charge in [-0.3, -0.25) is 4.79 Å². The molecule has 0 saturated carbocycles. The van der Waals surface area contributed by atoms with Crippen LogP contribution in [0.2, 0.25) is 0 Å². The molecule has 2 atom stereocenters. The van der Waals surface area contributed by atoms with Crippen molar-refractivity contribution in [1.29, 1.82) is 0 Å². The van der Waals surface area contributed by atoms with Crippen LogP contribution >= 0.6 is 0 Å². The third-order valence-corrected chi connectivity index (χ3v) is 2.88. The number of rotatable bonds is 4. The number of carbonyl (C=O) groups excluding carboxylic acids is 1. The molecule has 1 fully saturated rings. The monoisotopic (exact) mass is 200 g/mol. The quantitative estimate of drug-likeness (QED) is 0.691. The molecule has 82 valence electrons. The Labute approximate surface area is 85.2 Å². The van der Waals surface area contributed by atoms with Gasteiger partial charge in [0.2, 0.25) is 5.91 Å². The summed E-state index contributed by atoms with van der Waals surface area (Å²) in [5.74, 6) is -0.0164. The molecule has 14 heavy (non-hydrogen) atoms. The topological polar surface area (TPSA) is 64.3 Å². The highest BCUT2D eigenvalue weighted by molar-refractivity contribution is 5.81. The maximum Gasteiger partial charge on any atom is 0.249 e. The lowest BCUT2D eigenvalue weighted by Gasteiger charge is -2.29. The van der Waals surface area contributed by atoms with Crippen LogP contribution in [0, 0.1) is 0 Å². The van der Waals surface area contributed by atoms with E-state index in [0.29, 0.717) is 13.2 Å². The lowest BCUT2D eigenvalue weighted by molar-refractivity contribution is -0.131. The zero-order valence-electron chi connectivity index (χ0n) is 9.01. The van der Waals surface area contributed by atoms with E-state index in [2.05, 4.69) is 5.32 Å². The number of amides is 1. The largest absolute Gasteiger partial charge is 0.368 e. The fraction of sp³-hybridized carbons (Fsp3) is 0.900. The number of nitrogens with two attached hydrogens (primary N) is 1. The van der Waals surface area contributed by atoms with E-state index in [4.69, 9.17) is 10.5 Å². The summed E-state index contributed by atoms with van der Waals surface area (Å²) >= 11 is 0. The van der Waals surface area contributed by atoms with Crippen LogP contribution in [-0.2, 0) is 9.53 Å². The van der Waals surface area contributed by atoms with Gasteiger partial charge in [-0.15, -0.1) is 0 Å². The summed E-state index contributed by atoms with van der Waals surface area (Å²) in [4.78, 5) is 11.7. The summed E-state index contributed by atoms with van der Waals surface area (Å²) in [5.41, 5.74) is 5.32. The zero-order chi connectivity index (χ0) is 10.6. The Morgan fingerprint density at radius 1 is 1.71 bits per heavy atom. The molecule has 1 aliphatic heterocycles. The maximum absolute atomic E-state index is 11.7. The van der Waals surface area contributed by atoms with E-state index in [9.17, 15) is 4.79 Å². The molecule has 0 bridgehead atoms. The smallest absolute Gasteiger partial charge is 0.249 e. The van der Waals surface area contributed by atoms with Crippen LogP contribution in [0.5, 0.6) is 0 Å². The van der Waals surface area contributed by atoms with Crippen molar-refractivity contribution in [3.05, 3.63) is 0 Å². The van der Waals surface area contributed by atoms with E-state index in [1.54, 1.807) is 0 Å². The van der Waals surface area contributed by atoms with Crippen LogP contribution in [-0.4, -0.2) is 30.7 Å². The van der Waals surface area contributed by atoms with Crippen LogP contribution in [0.25, 0.3) is 0 Å². The number of carbonyl (C=O) groups is 1. The van der Waals surface area contributed by atoms with E-state index in [1.165, 1.54) is 0 Å². The SMILES string of the molecule is CCC(C)(CN)NC(=O)C1CCCO1. The van der Waals surface area contributed by atoms with E-state index < -0.39 is 0 Å². The Morgan fingerprint density at radius 3 is 2.86 bits per heavy atom. The predicted molar refractivity (Wildman–Crippen MR) is 54.9 cm³/mol. The number of hydrogen-bond donors (Lipinski definition) is 2. The Morgan fingerprint density at radius 2 is 2.43 bits per heavy atom. The molecule has 4 heteroatoms. The van der Waals surface area contributed by atoms with Crippen molar-refractivity contribution in [2.45, 2.75) is 44.8 Å². The van der Waals surface area contributed by atoms with Crippen molar-refractivity contribution in [3.63, 3.8) is 0 Å². The number of nitrogens with one attached hydrogen (secondary N) is 1. The van der Waals surface area contributed by atoms with Crippen molar-refractivity contribution >= 4 is 5.91 Å². The van der Waals surface area contributed by atoms with Crippen molar-refractivity contribution in [3.8, 4) is 0 Å². The van der Waals surface area contributed by atoms with Gasteiger partial charge >= 0.3 is 0 Å². The fourth-order valence-corrected chi connectivity index (χ4v) is 1.45. The summed E-state index contributed by atoms with van der Waals surface area (Å²) in [6, 6.07) is 0. The third kappa shape index (κ3) is 2.69. The van der Waals surface area contributed by atoms with Gasteiger partial charge in [0.05, 0.1) is 0 Å². The van der Waals surface area contributed by atoms with Gasteiger partial charge in [0, 0.05) is 18.7 Å². The highest BCUT2D eigenvalue weighted by Gasteiger charge is 2.29. The zero-order valence-corrected chi connectivity index (χ0v) is 9.01. The highest BCUT2D eigenvalue weighted by Crippen LogP contribution is 2.14. The van der Waals surface area contributed by atoms with E-state index in [0.717, 1.165) is 19.3 Å². The van der Waals surface area contributed by atoms with E-state index >= 15 is 0 Å². The first-order valence-corrected chi connectivity index (χ1v) is 5.25. The van der Waals surface area contributed by atoms with Crippen molar-refractivity contribution < 1.29 is 9.53 Å². The van der Waals surface area contributed by atoms with Gasteiger partial charge < -0.3 is 15.8 Å². The van der Waals surface area contributed by atoms with Gasteiger partial charge in [-0.25, -0.2) is 0 Å². The van der Waals surface area contributed by atoms with Gasteiger partial charge in [0.25, 0.3) is 0 Å². The molecular weight excluding hydrogens is 180 g/mol. The fourth-order valence-electron chi connectivity index (χ4n) is 1.45. The lowest BCUT2D eigenvalue weighted by atomic mass is 9.98. The minimum Gasteiger partial charge on any atom is -0.368 e. The van der Waals surface area contributed by atoms with Crippen molar-refractivity contribution in [2.24, 2.45) is 5.73 Å². The molecule has 1 heterocycles. The molecule has 1 rings (SSSR count). The van der Waals surface area contributed by atoms with E-state index in [1.807, 2.05) is 13.8 Å². The lowest BCUT2D eigenvalue weighted by Crippen LogP contribution is -2.53. The van der Waals surface area contributed by atoms with Crippen LogP contribution in [0.4, 0.5) is 0 Å². The first-order chi connectivity index (χ1) is 6.61. The summed E-state index contributed by atoms with van der Waals surface area (Å²) < 4.78 is 5.30. The third-order valence-electron chi connectivity index (χ3n) is 2.88. The predicted octanol–water partition coefficient (Wildman–Crippen LogP) is 0.409. The molecule has 0 aromatic heterocycles. The molecule has 1 amide bonds. The summed E-state index contributed by atoms with van der Waals surface area (Å²) in [5, 5.41) is 2.95. The molecule has 2 unspecified atom stereocenters. The molecule has 0 aromatic carbocycles. The van der Waals surface area contributed by atoms with Crippen LogP contribution in [0.3, 0.4) is 0 Å². The van der Waals surface area contributed by atoms with Gasteiger partial charge in [-0.2, -0.15) is 0 Å². The molecule has 1 aliphatic rings. The number of hydrogen-bond acceptors (Lipinski definition) is 3. The first-order valence-electron chi connectivity index (χ1n) is 5.25. The van der Waals surface area contributed by atoms with Crippen LogP contribution in [0.1, 0.15) is 33.1 Å². The van der Waals surface area contributed by atoms with Crippen LogP contribution in [0.15, 0.2) is 0 Å². The molecule has 0 aliphatic carbocycles. The minimum atomic E-state index is -0.289. The van der Waals surface area contributed by atoms with Crippen LogP contribution < -0.4 is 11.1 Å². The van der Waals surface area contributed by atoms with Gasteiger partial charge in [-0.05, 0) is 26.2 Å². The molecular formula is C10H20N2O2. The average Bonchev–Trinajstić information content (AvgIpc) is 2.70. The Balaban J connectivity index is 2.45. The first kappa shape index (κ1) is 11.5. The van der Waals surface area contributed by atoms with Gasteiger partial charge in [0.1, 0.15) is 6.10 Å². The molecule has 3 N–H and O–H groups in total. The van der Waals surface area contributed by atoms with Crippen molar-refractivity contribution in [2.75, 3.05) is 13.2 Å². The Kier molecular flexibility index (Phi) is 3.89. The second-order valence-electron chi connectivity index (χ2n) is 4.11. The molecule has 4 nitrogen and oxygen atoms in total. The summed E-state index contributed by atoms with van der Waals surface area (Å²) in [6.45, 7) is 5.13. The Bertz CT molecular complexity index is 196. The maximum atomic E-state index is 11.7. The van der Waals surface area contributed by atoms with Crippen molar-refractivity contribution in [1.82, 2.24) is 5.32 Å². The second-order valence-corrected chi connectivity index (χ2v) is 4.11. The van der Waals surface area contributed by atoms with E-state index in [-0.39, 0.29) is 17.6 Å². The molecule has 1 saturated heterocycles. The minimum absolute atomic E-state index is 0.0164. The summed E-state index contributed by atoms with van der Waals surface area (Å²) in [6.07, 6.45) is 2.38. The summed E-state index contributed by atoms with van der Waals surface area (Å²) in [7, 11) is 0. The molecule has 0 radical (unpaired) electrons. The van der Waals surface area contributed by atoms with Gasteiger partial charge in [-0.1, -0.05) is 6.92 Å². The highest BCUT2D eigenvalue weighted by atomic mass is 16.5. The normalized spacial score (nSPS) is 25.8. The molecule has 0 spiro atoms. The second kappa shape index (κ2) is 4.75. The molecule has 0 aromatic rings. The van der Waals surface area contributed by atoms with Gasteiger partial charge in [0.15, 0.2) is 0 Å². The Hall–Kier alpha value is -0.610. The average molecular weight is 200 g/mol.